The number of halogens is 2. The highest BCUT2D eigenvalue weighted by Gasteiger charge is 2.18. The van der Waals surface area contributed by atoms with Crippen LogP contribution in [0.5, 0.6) is 11.5 Å². The SMILES string of the molecule is O=C(Cn1c(SC(F)F)nc2ccccc21)Nc1ccc2c(c1)OCCO2. The zero-order valence-corrected chi connectivity index (χ0v) is 14.8. The molecule has 1 aliphatic heterocycles. The van der Waals surface area contributed by atoms with Crippen molar-refractivity contribution in [1.29, 1.82) is 0 Å². The van der Waals surface area contributed by atoms with Crippen molar-refractivity contribution in [3.63, 3.8) is 0 Å². The number of carbonyl (C=O) groups excluding carboxylic acids is 1. The van der Waals surface area contributed by atoms with Gasteiger partial charge in [0.2, 0.25) is 5.91 Å². The first-order valence-corrected chi connectivity index (χ1v) is 9.08. The second-order valence-corrected chi connectivity index (χ2v) is 6.71. The number of benzene rings is 2. The maximum atomic E-state index is 12.9. The largest absolute Gasteiger partial charge is 0.486 e. The van der Waals surface area contributed by atoms with Crippen LogP contribution >= 0.6 is 11.8 Å². The second-order valence-electron chi connectivity index (χ2n) is 5.75. The fourth-order valence-electron chi connectivity index (χ4n) is 2.84. The number of fused-ring (bicyclic) bond motifs is 2. The molecule has 0 bridgehead atoms. The number of amides is 1. The smallest absolute Gasteiger partial charge is 0.291 e. The van der Waals surface area contributed by atoms with Crippen LogP contribution < -0.4 is 14.8 Å². The number of para-hydroxylation sites is 2. The number of hydrogen-bond donors (Lipinski definition) is 1. The molecule has 9 heteroatoms. The average molecular weight is 391 g/mol. The van der Waals surface area contributed by atoms with Gasteiger partial charge in [-0.1, -0.05) is 12.1 Å². The third kappa shape index (κ3) is 3.82. The van der Waals surface area contributed by atoms with E-state index >= 15 is 0 Å². The highest BCUT2D eigenvalue weighted by Crippen LogP contribution is 2.33. The summed E-state index contributed by atoms with van der Waals surface area (Å²) in [6, 6.07) is 12.1. The van der Waals surface area contributed by atoms with Gasteiger partial charge in [-0.05, 0) is 36.0 Å². The number of nitrogens with one attached hydrogen (secondary N) is 1. The Labute approximate surface area is 157 Å². The van der Waals surface area contributed by atoms with Crippen molar-refractivity contribution >= 4 is 34.4 Å². The summed E-state index contributed by atoms with van der Waals surface area (Å²) in [5.74, 6) is -1.80. The monoisotopic (exact) mass is 391 g/mol. The molecule has 0 saturated heterocycles. The van der Waals surface area contributed by atoms with E-state index in [2.05, 4.69) is 10.3 Å². The summed E-state index contributed by atoms with van der Waals surface area (Å²) in [6.07, 6.45) is 0. The van der Waals surface area contributed by atoms with Gasteiger partial charge < -0.3 is 19.4 Å². The molecular formula is C18H15F2N3O3S. The molecule has 1 aliphatic rings. The number of imidazole rings is 1. The van der Waals surface area contributed by atoms with Gasteiger partial charge in [-0.15, -0.1) is 0 Å². The molecule has 0 saturated carbocycles. The third-order valence-corrected chi connectivity index (χ3v) is 4.64. The average Bonchev–Trinajstić information content (AvgIpc) is 2.98. The van der Waals surface area contributed by atoms with Crippen LogP contribution in [0.3, 0.4) is 0 Å². The van der Waals surface area contributed by atoms with Crippen molar-refractivity contribution in [3.05, 3.63) is 42.5 Å². The lowest BCUT2D eigenvalue weighted by Crippen LogP contribution is -2.20. The Kier molecular flexibility index (Phi) is 4.85. The summed E-state index contributed by atoms with van der Waals surface area (Å²) in [5.41, 5.74) is 1.72. The molecule has 0 unspecified atom stereocenters. The molecule has 3 aromatic rings. The Hall–Kier alpha value is -2.81. The van der Waals surface area contributed by atoms with Gasteiger partial charge in [0, 0.05) is 11.8 Å². The van der Waals surface area contributed by atoms with Crippen molar-refractivity contribution in [1.82, 2.24) is 9.55 Å². The van der Waals surface area contributed by atoms with Crippen LogP contribution in [0.1, 0.15) is 0 Å². The molecule has 0 atom stereocenters. The molecule has 6 nitrogen and oxygen atoms in total. The number of alkyl halides is 2. The Bertz CT molecular complexity index is 993. The number of thioether (sulfide) groups is 1. The number of ether oxygens (including phenoxy) is 2. The van der Waals surface area contributed by atoms with Gasteiger partial charge in [0.15, 0.2) is 16.7 Å². The van der Waals surface area contributed by atoms with Crippen LogP contribution in [0.25, 0.3) is 11.0 Å². The lowest BCUT2D eigenvalue weighted by Gasteiger charge is -2.19. The van der Waals surface area contributed by atoms with Crippen molar-refractivity contribution in [2.45, 2.75) is 17.5 Å². The summed E-state index contributed by atoms with van der Waals surface area (Å²) in [5, 5.41) is 2.86. The number of rotatable bonds is 5. The Morgan fingerprint density at radius 1 is 1.19 bits per heavy atom. The van der Waals surface area contributed by atoms with E-state index in [0.717, 1.165) is 0 Å². The van der Waals surface area contributed by atoms with Gasteiger partial charge in [0.25, 0.3) is 5.76 Å². The first-order chi connectivity index (χ1) is 13.1. The summed E-state index contributed by atoms with van der Waals surface area (Å²) in [6.45, 7) is 0.792. The van der Waals surface area contributed by atoms with Crippen LogP contribution in [0.4, 0.5) is 14.5 Å². The van der Waals surface area contributed by atoms with Crippen LogP contribution in [-0.2, 0) is 11.3 Å². The summed E-state index contributed by atoms with van der Waals surface area (Å²) in [4.78, 5) is 16.7. The number of nitrogens with zero attached hydrogens (tertiary/aromatic N) is 2. The molecule has 4 rings (SSSR count). The Morgan fingerprint density at radius 3 is 2.78 bits per heavy atom. The molecule has 0 radical (unpaired) electrons. The standard InChI is InChI=1S/C18H15F2N3O3S/c19-17(20)27-18-22-12-3-1-2-4-13(12)23(18)10-16(24)21-11-5-6-14-15(9-11)26-8-7-25-14/h1-6,9,17H,7-8,10H2,(H,21,24). The molecule has 1 N–H and O–H groups in total. The van der Waals surface area contributed by atoms with E-state index in [1.54, 1.807) is 42.5 Å². The third-order valence-electron chi connectivity index (χ3n) is 3.94. The van der Waals surface area contributed by atoms with E-state index in [-0.39, 0.29) is 17.6 Å². The molecule has 1 amide bonds. The predicted molar refractivity (Wildman–Crippen MR) is 97.7 cm³/mol. The predicted octanol–water partition coefficient (Wildman–Crippen LogP) is 3.76. The first-order valence-electron chi connectivity index (χ1n) is 8.20. The van der Waals surface area contributed by atoms with Crippen LogP contribution in [0.15, 0.2) is 47.6 Å². The van der Waals surface area contributed by atoms with Gasteiger partial charge in [-0.2, -0.15) is 8.78 Å². The lowest BCUT2D eigenvalue weighted by atomic mass is 10.2. The van der Waals surface area contributed by atoms with Crippen LogP contribution in [0.2, 0.25) is 0 Å². The van der Waals surface area contributed by atoms with Crippen LogP contribution in [0, 0.1) is 0 Å². The molecule has 27 heavy (non-hydrogen) atoms. The number of aromatic nitrogens is 2. The normalized spacial score (nSPS) is 13.1. The minimum atomic E-state index is -2.62. The Balaban J connectivity index is 1.56. The number of anilines is 1. The van der Waals surface area contributed by atoms with Gasteiger partial charge in [-0.25, -0.2) is 4.98 Å². The zero-order valence-electron chi connectivity index (χ0n) is 14.0. The minimum Gasteiger partial charge on any atom is -0.486 e. The molecule has 1 aromatic heterocycles. The van der Waals surface area contributed by atoms with E-state index in [9.17, 15) is 13.6 Å². The molecular weight excluding hydrogens is 376 g/mol. The highest BCUT2D eigenvalue weighted by atomic mass is 32.2. The van der Waals surface area contributed by atoms with Crippen LogP contribution in [-0.4, -0.2) is 34.4 Å². The number of hydrogen-bond acceptors (Lipinski definition) is 5. The van der Waals surface area contributed by atoms with Crippen molar-refractivity contribution < 1.29 is 23.0 Å². The molecule has 2 heterocycles. The van der Waals surface area contributed by atoms with Gasteiger partial charge in [0.1, 0.15) is 19.8 Å². The maximum absolute atomic E-state index is 12.9. The fraction of sp³-hybridized carbons (Fsp3) is 0.222. The minimum absolute atomic E-state index is 0.100. The number of carbonyl (C=O) groups is 1. The summed E-state index contributed by atoms with van der Waals surface area (Å²) >= 11 is 0.320. The van der Waals surface area contributed by atoms with E-state index in [0.29, 0.717) is 53.2 Å². The molecule has 0 aliphatic carbocycles. The van der Waals surface area contributed by atoms with Gasteiger partial charge >= 0.3 is 0 Å². The second kappa shape index (κ2) is 7.43. The summed E-state index contributed by atoms with van der Waals surface area (Å²) in [7, 11) is 0. The van der Waals surface area contributed by atoms with Gasteiger partial charge in [-0.3, -0.25) is 4.79 Å². The van der Waals surface area contributed by atoms with E-state index in [1.807, 2.05) is 0 Å². The topological polar surface area (TPSA) is 65.4 Å². The quantitative estimate of drug-likeness (QED) is 0.671. The van der Waals surface area contributed by atoms with Crippen molar-refractivity contribution in [2.24, 2.45) is 0 Å². The van der Waals surface area contributed by atoms with Crippen molar-refractivity contribution in [2.75, 3.05) is 18.5 Å². The molecule has 0 spiro atoms. The molecule has 140 valence electrons. The fourth-order valence-corrected chi connectivity index (χ4v) is 3.44. The molecule has 2 aromatic carbocycles. The Morgan fingerprint density at radius 2 is 1.96 bits per heavy atom. The highest BCUT2D eigenvalue weighted by molar-refractivity contribution is 7.99. The zero-order chi connectivity index (χ0) is 18.8. The van der Waals surface area contributed by atoms with E-state index < -0.39 is 5.76 Å². The van der Waals surface area contributed by atoms with Crippen molar-refractivity contribution in [3.8, 4) is 11.5 Å². The lowest BCUT2D eigenvalue weighted by molar-refractivity contribution is -0.116. The first kappa shape index (κ1) is 17.6. The summed E-state index contributed by atoms with van der Waals surface area (Å²) < 4.78 is 38.1. The van der Waals surface area contributed by atoms with Gasteiger partial charge in [0.05, 0.1) is 11.0 Å². The molecule has 0 fully saturated rings. The maximum Gasteiger partial charge on any atom is 0.291 e. The van der Waals surface area contributed by atoms with E-state index in [4.69, 9.17) is 9.47 Å². The van der Waals surface area contributed by atoms with E-state index in [1.165, 1.54) is 4.57 Å².